The Morgan fingerprint density at radius 1 is 1.41 bits per heavy atom. The summed E-state index contributed by atoms with van der Waals surface area (Å²) in [5.74, 6) is 0.290. The second kappa shape index (κ2) is 8.62. The summed E-state index contributed by atoms with van der Waals surface area (Å²) in [6.45, 7) is 5.96. The quantitative estimate of drug-likeness (QED) is 0.474. The minimum Gasteiger partial charge on any atom is -0.348 e. The van der Waals surface area contributed by atoms with Crippen molar-refractivity contribution in [1.29, 1.82) is 0 Å². The van der Waals surface area contributed by atoms with Gasteiger partial charge < -0.3 is 10.2 Å². The normalized spacial score (nSPS) is 16.9. The fourth-order valence-electron chi connectivity index (χ4n) is 3.33. The summed E-state index contributed by atoms with van der Waals surface area (Å²) in [5.41, 5.74) is 1.66. The summed E-state index contributed by atoms with van der Waals surface area (Å²) in [5, 5.41) is 4.44. The number of hydrogen-bond donors (Lipinski definition) is 1. The molecule has 6 nitrogen and oxygen atoms in total. The molecule has 0 spiro atoms. The molecule has 0 saturated carbocycles. The lowest BCUT2D eigenvalue weighted by Gasteiger charge is -2.30. The maximum absolute atomic E-state index is 13.7. The summed E-state index contributed by atoms with van der Waals surface area (Å²) in [4.78, 5) is 27.9. The molecule has 1 saturated heterocycles. The van der Waals surface area contributed by atoms with E-state index in [-0.39, 0.29) is 17.5 Å². The van der Waals surface area contributed by atoms with Gasteiger partial charge in [0.25, 0.3) is 0 Å². The Labute approximate surface area is 177 Å². The maximum atomic E-state index is 13.7. The van der Waals surface area contributed by atoms with E-state index >= 15 is 0 Å². The van der Waals surface area contributed by atoms with Gasteiger partial charge in [-0.15, -0.1) is 0 Å². The van der Waals surface area contributed by atoms with Crippen molar-refractivity contribution in [3.63, 3.8) is 0 Å². The van der Waals surface area contributed by atoms with Crippen LogP contribution in [0.5, 0.6) is 0 Å². The third-order valence-electron chi connectivity index (χ3n) is 4.87. The molecule has 1 aliphatic heterocycles. The predicted molar refractivity (Wildman–Crippen MR) is 116 cm³/mol. The van der Waals surface area contributed by atoms with Crippen molar-refractivity contribution < 1.29 is 9.18 Å². The third-order valence-corrected chi connectivity index (χ3v) is 7.10. The highest BCUT2D eigenvalue weighted by Crippen LogP contribution is 2.35. The molecule has 2 aromatic heterocycles. The van der Waals surface area contributed by atoms with Crippen LogP contribution in [0.3, 0.4) is 0 Å². The maximum Gasteiger partial charge on any atom is 0.234 e. The van der Waals surface area contributed by atoms with Crippen LogP contribution in [0.2, 0.25) is 0 Å². The SMILES string of the molecule is Cc1ccc(NC(=O)CSc2ncnc3nc(N4CCCC(C)C4)sc23)cc1F. The van der Waals surface area contributed by atoms with E-state index in [1.54, 1.807) is 30.4 Å². The highest BCUT2D eigenvalue weighted by molar-refractivity contribution is 8.00. The number of aromatic nitrogens is 3. The Balaban J connectivity index is 1.44. The zero-order valence-electron chi connectivity index (χ0n) is 16.3. The molecule has 4 rings (SSSR count). The number of benzene rings is 1. The smallest absolute Gasteiger partial charge is 0.234 e. The van der Waals surface area contributed by atoms with E-state index in [9.17, 15) is 9.18 Å². The average Bonchev–Trinajstić information content (AvgIpc) is 3.14. The number of nitrogens with zero attached hydrogens (tertiary/aromatic N) is 4. The van der Waals surface area contributed by atoms with Gasteiger partial charge in [-0.2, -0.15) is 4.98 Å². The van der Waals surface area contributed by atoms with Gasteiger partial charge in [-0.3, -0.25) is 4.79 Å². The number of aryl methyl sites for hydroxylation is 1. The van der Waals surface area contributed by atoms with Crippen molar-refractivity contribution in [1.82, 2.24) is 15.0 Å². The highest BCUT2D eigenvalue weighted by atomic mass is 32.2. The van der Waals surface area contributed by atoms with Crippen LogP contribution in [0, 0.1) is 18.7 Å². The number of piperidine rings is 1. The van der Waals surface area contributed by atoms with Crippen molar-refractivity contribution in [3.05, 3.63) is 35.9 Å². The Bertz CT molecular complexity index is 1040. The van der Waals surface area contributed by atoms with E-state index in [2.05, 4.69) is 32.1 Å². The second-order valence-corrected chi connectivity index (χ2v) is 9.26. The van der Waals surface area contributed by atoms with E-state index in [4.69, 9.17) is 0 Å². The summed E-state index contributed by atoms with van der Waals surface area (Å²) in [6.07, 6.45) is 3.91. The molecule has 9 heteroatoms. The Morgan fingerprint density at radius 3 is 3.07 bits per heavy atom. The Hall–Kier alpha value is -2.26. The second-order valence-electron chi connectivity index (χ2n) is 7.32. The van der Waals surface area contributed by atoms with Gasteiger partial charge in [0.1, 0.15) is 21.9 Å². The lowest BCUT2D eigenvalue weighted by atomic mass is 10.0. The molecule has 1 N–H and O–H groups in total. The van der Waals surface area contributed by atoms with Gasteiger partial charge in [-0.25, -0.2) is 14.4 Å². The Morgan fingerprint density at radius 2 is 2.28 bits per heavy atom. The van der Waals surface area contributed by atoms with Gasteiger partial charge in [0, 0.05) is 18.8 Å². The molecule has 0 bridgehead atoms. The largest absolute Gasteiger partial charge is 0.348 e. The van der Waals surface area contributed by atoms with E-state index in [1.807, 2.05) is 0 Å². The molecule has 1 aromatic carbocycles. The first-order valence-electron chi connectivity index (χ1n) is 9.55. The van der Waals surface area contributed by atoms with Gasteiger partial charge >= 0.3 is 0 Å². The van der Waals surface area contributed by atoms with Crippen LogP contribution in [0.25, 0.3) is 10.3 Å². The molecule has 3 heterocycles. The minimum absolute atomic E-state index is 0.176. The first-order valence-corrected chi connectivity index (χ1v) is 11.3. The number of carbonyl (C=O) groups excluding carboxylic acids is 1. The van der Waals surface area contributed by atoms with Crippen molar-refractivity contribution >= 4 is 50.2 Å². The highest BCUT2D eigenvalue weighted by Gasteiger charge is 2.21. The number of anilines is 2. The van der Waals surface area contributed by atoms with Gasteiger partial charge in [-0.1, -0.05) is 36.1 Å². The number of thiazole rings is 1. The summed E-state index contributed by atoms with van der Waals surface area (Å²) in [7, 11) is 0. The summed E-state index contributed by atoms with van der Waals surface area (Å²) in [6, 6.07) is 4.67. The van der Waals surface area contributed by atoms with E-state index in [0.29, 0.717) is 22.8 Å². The molecule has 0 radical (unpaired) electrons. The number of fused-ring (bicyclic) bond motifs is 1. The molecule has 1 aliphatic rings. The van der Waals surface area contributed by atoms with Crippen LogP contribution in [0.15, 0.2) is 29.6 Å². The number of hydrogen-bond acceptors (Lipinski definition) is 7. The molecule has 1 amide bonds. The van der Waals surface area contributed by atoms with E-state index in [1.165, 1.54) is 37.0 Å². The fourth-order valence-corrected chi connectivity index (χ4v) is 5.25. The van der Waals surface area contributed by atoms with Crippen LogP contribution >= 0.6 is 23.1 Å². The van der Waals surface area contributed by atoms with Gasteiger partial charge in [0.2, 0.25) is 5.91 Å². The summed E-state index contributed by atoms with van der Waals surface area (Å²) < 4.78 is 14.6. The van der Waals surface area contributed by atoms with Crippen molar-refractivity contribution in [2.75, 3.05) is 29.1 Å². The topological polar surface area (TPSA) is 71.0 Å². The lowest BCUT2D eigenvalue weighted by Crippen LogP contribution is -2.34. The molecule has 3 aromatic rings. The minimum atomic E-state index is -0.336. The third kappa shape index (κ3) is 4.67. The number of rotatable bonds is 5. The first-order chi connectivity index (χ1) is 14.0. The standard InChI is InChI=1S/C20H22FN5OS2/c1-12-4-3-7-26(9-12)20-25-18-17(29-20)19(23-11-22-18)28-10-16(27)24-14-6-5-13(2)15(21)8-14/h5-6,8,11-12H,3-4,7,9-10H2,1-2H3,(H,24,27). The summed E-state index contributed by atoms with van der Waals surface area (Å²) >= 11 is 2.92. The molecular weight excluding hydrogens is 409 g/mol. The molecule has 1 fully saturated rings. The number of carbonyl (C=O) groups is 1. The average molecular weight is 432 g/mol. The van der Waals surface area contributed by atoms with Crippen LogP contribution in [0.1, 0.15) is 25.3 Å². The van der Waals surface area contributed by atoms with Crippen LogP contribution in [-0.4, -0.2) is 39.7 Å². The van der Waals surface area contributed by atoms with Crippen LogP contribution in [0.4, 0.5) is 15.2 Å². The molecule has 0 aliphatic carbocycles. The van der Waals surface area contributed by atoms with E-state index < -0.39 is 0 Å². The zero-order valence-corrected chi connectivity index (χ0v) is 17.9. The molecule has 29 heavy (non-hydrogen) atoms. The first kappa shape index (κ1) is 20.0. The van der Waals surface area contributed by atoms with Gasteiger partial charge in [0.05, 0.1) is 5.75 Å². The number of thioether (sulfide) groups is 1. The van der Waals surface area contributed by atoms with Crippen LogP contribution in [-0.2, 0) is 4.79 Å². The molecule has 1 unspecified atom stereocenters. The fraction of sp³-hybridized carbons (Fsp3) is 0.400. The molecule has 152 valence electrons. The molecular formula is C20H22FN5OS2. The van der Waals surface area contributed by atoms with Gasteiger partial charge in [-0.05, 0) is 43.4 Å². The Kier molecular flexibility index (Phi) is 5.96. The van der Waals surface area contributed by atoms with Gasteiger partial charge in [0.15, 0.2) is 10.8 Å². The van der Waals surface area contributed by atoms with Crippen molar-refractivity contribution in [2.24, 2.45) is 5.92 Å². The lowest BCUT2D eigenvalue weighted by molar-refractivity contribution is -0.113. The predicted octanol–water partition coefficient (Wildman–Crippen LogP) is 4.50. The zero-order chi connectivity index (χ0) is 20.4. The number of nitrogens with one attached hydrogen (secondary N) is 1. The van der Waals surface area contributed by atoms with Crippen molar-refractivity contribution in [2.45, 2.75) is 31.7 Å². The number of halogens is 1. The molecule has 1 atom stereocenters. The monoisotopic (exact) mass is 431 g/mol. The van der Waals surface area contributed by atoms with Crippen molar-refractivity contribution in [3.8, 4) is 0 Å². The van der Waals surface area contributed by atoms with Crippen LogP contribution < -0.4 is 10.2 Å². The van der Waals surface area contributed by atoms with E-state index in [0.717, 1.165) is 27.9 Å². The number of amides is 1.